The quantitative estimate of drug-likeness (QED) is 0.185. The molecule has 12 nitrogen and oxygen atoms in total. The predicted octanol–water partition coefficient (Wildman–Crippen LogP) is 1.19. The first kappa shape index (κ1) is 53.3. The molecule has 2 aromatic rings. The summed E-state index contributed by atoms with van der Waals surface area (Å²) in [5.41, 5.74) is 3.73. The fourth-order valence-electron chi connectivity index (χ4n) is 1.32. The number of benzene rings is 2. The van der Waals surface area contributed by atoms with Crippen LogP contribution in [0.15, 0.2) is 83.3 Å². The van der Waals surface area contributed by atoms with Gasteiger partial charge in [-0.15, -0.1) is 6.58 Å². The van der Waals surface area contributed by atoms with E-state index in [0.29, 0.717) is 0 Å². The van der Waals surface area contributed by atoms with Gasteiger partial charge in [0.1, 0.15) is 4.49 Å². The Morgan fingerprint density at radius 2 is 1.00 bits per heavy atom. The number of halogens is 3. The summed E-state index contributed by atoms with van der Waals surface area (Å²) in [5.74, 6) is 0. The van der Waals surface area contributed by atoms with Gasteiger partial charge >= 0.3 is 43.1 Å². The van der Waals surface area contributed by atoms with Gasteiger partial charge in [-0.25, -0.2) is 25.3 Å². The van der Waals surface area contributed by atoms with E-state index in [4.69, 9.17) is 34.8 Å². The second-order valence-corrected chi connectivity index (χ2v) is 10.4. The molecule has 230 valence electrons. The van der Waals surface area contributed by atoms with Crippen molar-refractivity contribution in [1.82, 2.24) is 0 Å². The SMILES string of the molecule is C=CCc1ccccc1.COS(=O)(=O)[O-].COS(=O)(=O)[O-].COS(=O)(=O)[O-].Cc1ccccc1.ClC=C(Cl)Cl.[Na+].[S+2]. The van der Waals surface area contributed by atoms with E-state index in [1.165, 1.54) is 11.1 Å². The molecule has 0 saturated heterocycles. The van der Waals surface area contributed by atoms with Gasteiger partial charge in [-0.2, -0.15) is 0 Å². The van der Waals surface area contributed by atoms with Crippen LogP contribution in [0.25, 0.3) is 0 Å². The largest absolute Gasteiger partial charge is 2.00 e. The average Bonchev–Trinajstić information content (AvgIpc) is 2.86. The Balaban J connectivity index is -0.0000000898. The van der Waals surface area contributed by atoms with Crippen molar-refractivity contribution in [2.24, 2.45) is 0 Å². The molecule has 0 unspecified atom stereocenters. The van der Waals surface area contributed by atoms with E-state index in [2.05, 4.69) is 50.3 Å². The van der Waals surface area contributed by atoms with Crippen LogP contribution in [-0.4, -0.2) is 60.2 Å². The molecular weight excluding hydrogens is 702 g/mol. The third kappa shape index (κ3) is 64.0. The van der Waals surface area contributed by atoms with Crippen molar-refractivity contribution in [3.63, 3.8) is 0 Å². The summed E-state index contributed by atoms with van der Waals surface area (Å²) in [5, 5.41) is 0. The molecule has 0 fully saturated rings. The molecule has 0 aromatic heterocycles. The molecule has 0 atom stereocenters. The molecule has 0 amide bonds. The molecule has 2 rings (SSSR count). The fourth-order valence-corrected chi connectivity index (χ4v) is 1.32. The molecule has 41 heavy (non-hydrogen) atoms. The van der Waals surface area contributed by atoms with Crippen LogP contribution in [0, 0.1) is 6.92 Å². The Morgan fingerprint density at radius 3 is 1.15 bits per heavy atom. The van der Waals surface area contributed by atoms with Crippen LogP contribution >= 0.6 is 34.8 Å². The van der Waals surface area contributed by atoms with E-state index in [1.54, 1.807) is 0 Å². The van der Waals surface area contributed by atoms with Crippen LogP contribution in [-0.2, 0) is 63.7 Å². The van der Waals surface area contributed by atoms with Gasteiger partial charge in [-0.05, 0) is 18.9 Å². The normalized spacial score (nSPS) is 9.41. The van der Waals surface area contributed by atoms with Crippen LogP contribution in [0.5, 0.6) is 0 Å². The summed E-state index contributed by atoms with van der Waals surface area (Å²) in [6.07, 6.45) is 2.89. The summed E-state index contributed by atoms with van der Waals surface area (Å²) in [6, 6.07) is 20.6. The van der Waals surface area contributed by atoms with Gasteiger partial charge in [0.05, 0.1) is 21.3 Å². The third-order valence-electron chi connectivity index (χ3n) is 2.86. The predicted molar refractivity (Wildman–Crippen MR) is 155 cm³/mol. The van der Waals surface area contributed by atoms with E-state index < -0.39 is 31.2 Å². The monoisotopic (exact) mass is 728 g/mol. The van der Waals surface area contributed by atoms with E-state index >= 15 is 0 Å². The van der Waals surface area contributed by atoms with Crippen molar-refractivity contribution >= 4 is 79.5 Å². The maximum atomic E-state index is 9.22. The molecule has 0 bridgehead atoms. The zero-order valence-corrected chi connectivity index (χ0v) is 30.0. The molecule has 0 aliphatic heterocycles. The molecule has 20 heteroatoms. The van der Waals surface area contributed by atoms with Crippen molar-refractivity contribution < 1.29 is 81.0 Å². The van der Waals surface area contributed by atoms with Crippen molar-refractivity contribution in [2.75, 3.05) is 21.3 Å². The minimum absolute atomic E-state index is 0. The van der Waals surface area contributed by atoms with E-state index in [9.17, 15) is 38.9 Å². The van der Waals surface area contributed by atoms with Gasteiger partial charge in [0.15, 0.2) is 0 Å². The Morgan fingerprint density at radius 1 is 0.756 bits per heavy atom. The Bertz CT molecular complexity index is 1140. The second kappa shape index (κ2) is 32.7. The van der Waals surface area contributed by atoms with Crippen molar-refractivity contribution in [3.05, 3.63) is 94.5 Å². The number of hydrogen-bond acceptors (Lipinski definition) is 12. The van der Waals surface area contributed by atoms with Crippen molar-refractivity contribution in [2.45, 2.75) is 13.3 Å². The summed E-state index contributed by atoms with van der Waals surface area (Å²) in [6.45, 7) is 5.74. The molecular formula is C21H28Cl3NaO12S4. The summed E-state index contributed by atoms with van der Waals surface area (Å²) < 4.78 is 93.2. The molecule has 0 heterocycles. The molecule has 0 N–H and O–H groups in total. The summed E-state index contributed by atoms with van der Waals surface area (Å²) >= 11 is 14.8. The topological polar surface area (TPSA) is 199 Å². The maximum absolute atomic E-state index is 9.22. The number of allylic oxidation sites excluding steroid dienone is 1. The van der Waals surface area contributed by atoms with Gasteiger partial charge in [0.2, 0.25) is 31.2 Å². The molecule has 0 saturated carbocycles. The molecule has 0 spiro atoms. The first-order chi connectivity index (χ1) is 17.8. The summed E-state index contributed by atoms with van der Waals surface area (Å²) in [4.78, 5) is 0. The maximum Gasteiger partial charge on any atom is 2.00 e. The number of hydrogen-bond donors (Lipinski definition) is 0. The first-order valence-corrected chi connectivity index (χ1v) is 14.8. The van der Waals surface area contributed by atoms with Crippen LogP contribution < -0.4 is 29.6 Å². The van der Waals surface area contributed by atoms with E-state index in [-0.39, 0.29) is 47.5 Å². The Kier molecular flexibility index (Phi) is 42.5. The molecule has 0 aliphatic rings. The van der Waals surface area contributed by atoms with Gasteiger partial charge in [0.25, 0.3) is 0 Å². The van der Waals surface area contributed by atoms with Crippen LogP contribution in [0.4, 0.5) is 0 Å². The fraction of sp³-hybridized carbons (Fsp3) is 0.238. The minimum atomic E-state index is -4.41. The molecule has 0 aliphatic carbocycles. The zero-order valence-electron chi connectivity index (χ0n) is 22.5. The standard InChI is InChI=1S/C9H10.C7H8.C2HCl3.3CH4O4S.Na.S/c1-2-6-9-7-4-3-5-8-9;1-7-5-3-2-4-6-7;3-1-2(4)5;3*1-5-6(2,3)4;;/h2-5,7-8H,1,6H2;2-6H,1H3;1H;3*1H3,(H,2,3,4);;/q;;;;;;+1;+2/p-3. The van der Waals surface area contributed by atoms with Crippen molar-refractivity contribution in [1.29, 1.82) is 0 Å². The van der Waals surface area contributed by atoms with Gasteiger partial charge in [-0.3, -0.25) is 12.5 Å². The van der Waals surface area contributed by atoms with E-state index in [0.717, 1.165) is 33.3 Å². The molecule has 4 radical (unpaired) electrons. The van der Waals surface area contributed by atoms with E-state index in [1.807, 2.05) is 42.5 Å². The molecule has 2 aromatic carbocycles. The van der Waals surface area contributed by atoms with Crippen LogP contribution in [0.2, 0.25) is 0 Å². The van der Waals surface area contributed by atoms with Crippen LogP contribution in [0.1, 0.15) is 11.1 Å². The summed E-state index contributed by atoms with van der Waals surface area (Å²) in [7, 11) is -10.8. The van der Waals surface area contributed by atoms with Crippen LogP contribution in [0.3, 0.4) is 0 Å². The van der Waals surface area contributed by atoms with Gasteiger partial charge in [0, 0.05) is 5.54 Å². The minimum Gasteiger partial charge on any atom is -0.726 e. The van der Waals surface area contributed by atoms with Gasteiger partial charge in [-0.1, -0.05) is 107 Å². The second-order valence-electron chi connectivity index (χ2n) is 5.76. The average molecular weight is 730 g/mol. The first-order valence-electron chi connectivity index (χ1n) is 9.60. The smallest absolute Gasteiger partial charge is 0.726 e. The zero-order chi connectivity index (χ0) is 31.5. The Labute approximate surface area is 287 Å². The Hall–Kier alpha value is -0.250. The van der Waals surface area contributed by atoms with Crippen molar-refractivity contribution in [3.8, 4) is 0 Å². The van der Waals surface area contributed by atoms with Gasteiger partial charge < -0.3 is 13.7 Å². The third-order valence-corrected chi connectivity index (χ3v) is 4.74. The number of rotatable bonds is 5. The number of aryl methyl sites for hydroxylation is 1.